The van der Waals surface area contributed by atoms with Crippen molar-refractivity contribution in [1.29, 1.82) is 0 Å². The zero-order valence-corrected chi connectivity index (χ0v) is 11.0. The van der Waals surface area contributed by atoms with E-state index in [4.69, 9.17) is 0 Å². The highest BCUT2D eigenvalue weighted by atomic mass is 16.2. The maximum Gasteiger partial charge on any atom is 0.222 e. The lowest BCUT2D eigenvalue weighted by atomic mass is 10.1. The third kappa shape index (κ3) is 5.20. The second-order valence-corrected chi connectivity index (χ2v) is 4.99. The van der Waals surface area contributed by atoms with Gasteiger partial charge in [0.2, 0.25) is 11.8 Å². The normalized spacial score (nSPS) is 16.1. The number of nitrogens with zero attached hydrogens (tertiary/aromatic N) is 1. The van der Waals surface area contributed by atoms with Crippen LogP contribution in [0.2, 0.25) is 0 Å². The van der Waals surface area contributed by atoms with Gasteiger partial charge in [0.1, 0.15) is 0 Å². The van der Waals surface area contributed by atoms with E-state index in [0.29, 0.717) is 13.0 Å². The van der Waals surface area contributed by atoms with Crippen molar-refractivity contribution in [2.45, 2.75) is 46.0 Å². The van der Waals surface area contributed by atoms with Gasteiger partial charge >= 0.3 is 0 Å². The molecular weight excluding hydrogens is 216 g/mol. The van der Waals surface area contributed by atoms with Gasteiger partial charge in [-0.1, -0.05) is 13.8 Å². The molecule has 0 atom stereocenters. The Morgan fingerprint density at radius 1 is 1.18 bits per heavy atom. The van der Waals surface area contributed by atoms with Crippen LogP contribution in [0.15, 0.2) is 0 Å². The minimum absolute atomic E-state index is 0.0211. The van der Waals surface area contributed by atoms with Gasteiger partial charge in [0, 0.05) is 32.0 Å². The summed E-state index contributed by atoms with van der Waals surface area (Å²) in [5.41, 5.74) is 0. The monoisotopic (exact) mass is 240 g/mol. The number of carbonyl (C=O) groups is 2. The van der Waals surface area contributed by atoms with Gasteiger partial charge in [-0.05, 0) is 25.7 Å². The molecule has 17 heavy (non-hydrogen) atoms. The molecule has 0 bridgehead atoms. The molecule has 0 unspecified atom stereocenters. The number of likely N-dealkylation sites (tertiary alicyclic amines) is 1. The van der Waals surface area contributed by atoms with Crippen molar-refractivity contribution >= 4 is 11.8 Å². The van der Waals surface area contributed by atoms with Crippen molar-refractivity contribution in [3.8, 4) is 0 Å². The Morgan fingerprint density at radius 3 is 2.41 bits per heavy atom. The van der Waals surface area contributed by atoms with Gasteiger partial charge < -0.3 is 10.2 Å². The second kappa shape index (κ2) is 7.30. The van der Waals surface area contributed by atoms with E-state index < -0.39 is 0 Å². The van der Waals surface area contributed by atoms with Crippen LogP contribution in [0.25, 0.3) is 0 Å². The first kappa shape index (κ1) is 14.0. The highest BCUT2D eigenvalue weighted by molar-refractivity contribution is 5.78. The standard InChI is InChI=1S/C13H24N2O2/c1-11(2)13(17)14-8-6-7-12(16)15-9-4-3-5-10-15/h11H,3-10H2,1-2H3,(H,14,17). The number of hydrogen-bond acceptors (Lipinski definition) is 2. The fourth-order valence-corrected chi connectivity index (χ4v) is 1.96. The Morgan fingerprint density at radius 2 is 1.82 bits per heavy atom. The van der Waals surface area contributed by atoms with Crippen LogP contribution in [0.4, 0.5) is 0 Å². The number of carbonyl (C=O) groups excluding carboxylic acids is 2. The molecule has 0 aliphatic carbocycles. The average molecular weight is 240 g/mol. The van der Waals surface area contributed by atoms with Crippen LogP contribution in [0, 0.1) is 5.92 Å². The molecule has 0 radical (unpaired) electrons. The highest BCUT2D eigenvalue weighted by Crippen LogP contribution is 2.10. The molecule has 1 N–H and O–H groups in total. The first-order valence-electron chi connectivity index (χ1n) is 6.66. The summed E-state index contributed by atoms with van der Waals surface area (Å²) >= 11 is 0. The van der Waals surface area contributed by atoms with E-state index >= 15 is 0 Å². The third-order valence-corrected chi connectivity index (χ3v) is 3.10. The van der Waals surface area contributed by atoms with Gasteiger partial charge in [0.15, 0.2) is 0 Å². The van der Waals surface area contributed by atoms with E-state index in [1.54, 1.807) is 0 Å². The fraction of sp³-hybridized carbons (Fsp3) is 0.846. The Labute approximate surface area is 104 Å². The van der Waals surface area contributed by atoms with Crippen LogP contribution >= 0.6 is 0 Å². The van der Waals surface area contributed by atoms with E-state index in [-0.39, 0.29) is 17.7 Å². The molecule has 0 aromatic rings. The first-order chi connectivity index (χ1) is 8.11. The number of rotatable bonds is 5. The number of hydrogen-bond donors (Lipinski definition) is 1. The summed E-state index contributed by atoms with van der Waals surface area (Å²) in [5, 5.41) is 2.83. The topological polar surface area (TPSA) is 49.4 Å². The van der Waals surface area contributed by atoms with E-state index in [1.165, 1.54) is 6.42 Å². The quantitative estimate of drug-likeness (QED) is 0.741. The van der Waals surface area contributed by atoms with Crippen LogP contribution in [0.5, 0.6) is 0 Å². The van der Waals surface area contributed by atoms with Gasteiger partial charge in [0.05, 0.1) is 0 Å². The lowest BCUT2D eigenvalue weighted by Crippen LogP contribution is -2.36. The lowest BCUT2D eigenvalue weighted by molar-refractivity contribution is -0.132. The first-order valence-corrected chi connectivity index (χ1v) is 6.66. The molecule has 0 spiro atoms. The largest absolute Gasteiger partial charge is 0.356 e. The molecule has 1 aliphatic heterocycles. The summed E-state index contributed by atoms with van der Waals surface area (Å²) in [7, 11) is 0. The Bertz CT molecular complexity index is 258. The molecular formula is C13H24N2O2. The van der Waals surface area contributed by atoms with Crippen LogP contribution in [0.1, 0.15) is 46.0 Å². The molecule has 1 heterocycles. The summed E-state index contributed by atoms with van der Waals surface area (Å²) in [5.74, 6) is 0.326. The number of piperidine rings is 1. The molecule has 1 saturated heterocycles. The molecule has 4 heteroatoms. The van der Waals surface area contributed by atoms with E-state index in [1.807, 2.05) is 18.7 Å². The maximum atomic E-state index is 11.8. The Kier molecular flexibility index (Phi) is 6.01. The van der Waals surface area contributed by atoms with Crippen LogP contribution in [0.3, 0.4) is 0 Å². The lowest BCUT2D eigenvalue weighted by Gasteiger charge is -2.26. The Hall–Kier alpha value is -1.06. The molecule has 2 amide bonds. The van der Waals surface area contributed by atoms with Crippen molar-refractivity contribution in [3.63, 3.8) is 0 Å². The van der Waals surface area contributed by atoms with E-state index in [0.717, 1.165) is 32.4 Å². The van der Waals surface area contributed by atoms with E-state index in [2.05, 4.69) is 5.32 Å². The zero-order valence-electron chi connectivity index (χ0n) is 11.0. The Balaban J connectivity index is 2.09. The summed E-state index contributed by atoms with van der Waals surface area (Å²) < 4.78 is 0. The van der Waals surface area contributed by atoms with Crippen molar-refractivity contribution in [2.24, 2.45) is 5.92 Å². The van der Waals surface area contributed by atoms with Gasteiger partial charge in [-0.3, -0.25) is 9.59 Å². The molecule has 0 aromatic heterocycles. The maximum absolute atomic E-state index is 11.8. The molecule has 1 rings (SSSR count). The minimum Gasteiger partial charge on any atom is -0.356 e. The SMILES string of the molecule is CC(C)C(=O)NCCCC(=O)N1CCCCC1. The highest BCUT2D eigenvalue weighted by Gasteiger charge is 2.15. The predicted molar refractivity (Wildman–Crippen MR) is 67.5 cm³/mol. The third-order valence-electron chi connectivity index (χ3n) is 3.10. The minimum atomic E-state index is 0.0211. The van der Waals surface area contributed by atoms with Gasteiger partial charge in [-0.25, -0.2) is 0 Å². The van der Waals surface area contributed by atoms with Crippen molar-refractivity contribution < 1.29 is 9.59 Å². The molecule has 98 valence electrons. The van der Waals surface area contributed by atoms with Crippen LogP contribution < -0.4 is 5.32 Å². The van der Waals surface area contributed by atoms with Crippen molar-refractivity contribution in [3.05, 3.63) is 0 Å². The second-order valence-electron chi connectivity index (χ2n) is 4.99. The number of amides is 2. The molecule has 4 nitrogen and oxygen atoms in total. The molecule has 1 fully saturated rings. The molecule has 0 saturated carbocycles. The van der Waals surface area contributed by atoms with Gasteiger partial charge in [0.25, 0.3) is 0 Å². The average Bonchev–Trinajstić information content (AvgIpc) is 2.35. The van der Waals surface area contributed by atoms with Gasteiger partial charge in [-0.2, -0.15) is 0 Å². The van der Waals surface area contributed by atoms with E-state index in [9.17, 15) is 9.59 Å². The summed E-state index contributed by atoms with van der Waals surface area (Å²) in [6, 6.07) is 0. The van der Waals surface area contributed by atoms with Crippen LogP contribution in [-0.2, 0) is 9.59 Å². The molecule has 0 aromatic carbocycles. The molecule has 1 aliphatic rings. The van der Waals surface area contributed by atoms with Crippen LogP contribution in [-0.4, -0.2) is 36.3 Å². The smallest absolute Gasteiger partial charge is 0.222 e. The summed E-state index contributed by atoms with van der Waals surface area (Å²) in [6.07, 6.45) is 4.81. The fourth-order valence-electron chi connectivity index (χ4n) is 1.96. The summed E-state index contributed by atoms with van der Waals surface area (Å²) in [4.78, 5) is 25.0. The zero-order chi connectivity index (χ0) is 12.7. The summed E-state index contributed by atoms with van der Waals surface area (Å²) in [6.45, 7) is 6.17. The van der Waals surface area contributed by atoms with Crippen molar-refractivity contribution in [2.75, 3.05) is 19.6 Å². The van der Waals surface area contributed by atoms with Gasteiger partial charge in [-0.15, -0.1) is 0 Å². The number of nitrogens with one attached hydrogen (secondary N) is 1. The van der Waals surface area contributed by atoms with Crippen molar-refractivity contribution in [1.82, 2.24) is 10.2 Å². The predicted octanol–water partition coefficient (Wildman–Crippen LogP) is 1.55.